The second kappa shape index (κ2) is 25.6. The zero-order chi connectivity index (χ0) is 64.9. The predicted molar refractivity (Wildman–Crippen MR) is 295 cm³/mol. The predicted octanol–water partition coefficient (Wildman–Crippen LogP) is -2.65. The number of aliphatic hydroxyl groups excluding tert-OH is 13. The van der Waals surface area contributed by atoms with Gasteiger partial charge in [0.15, 0.2) is 31.3 Å². The molecule has 14 N–H and O–H groups in total. The molecule has 0 aromatic rings. The second-order valence-corrected chi connectivity index (χ2v) is 27.7. The van der Waals surface area contributed by atoms with Gasteiger partial charge in [0.05, 0.1) is 49.5 Å². The Bertz CT molecular complexity index is 2600. The lowest BCUT2D eigenvalue weighted by Gasteiger charge is -2.72. The summed E-state index contributed by atoms with van der Waals surface area (Å²) in [6.07, 6.45) is -35.5. The summed E-state index contributed by atoms with van der Waals surface area (Å²) in [7, 11) is 0. The zero-order valence-corrected chi connectivity index (χ0v) is 51.0. The van der Waals surface area contributed by atoms with Crippen molar-refractivity contribution in [3.8, 4) is 0 Å². The number of carbonyl (C=O) groups is 4. The molecule has 28 heteroatoms. The number of aliphatic carboxylic acids is 1. The summed E-state index contributed by atoms with van der Waals surface area (Å²) < 4.78 is 60.6. The van der Waals surface area contributed by atoms with Crippen molar-refractivity contribution in [2.75, 3.05) is 26.4 Å². The van der Waals surface area contributed by atoms with E-state index in [4.69, 9.17) is 47.4 Å². The summed E-state index contributed by atoms with van der Waals surface area (Å²) in [5, 5.41) is 154. The molecule has 9 aliphatic rings. The van der Waals surface area contributed by atoms with E-state index in [0.29, 0.717) is 37.7 Å². The molecule has 0 radical (unpaired) electrons. The van der Waals surface area contributed by atoms with Gasteiger partial charge in [-0.05, 0) is 92.8 Å². The highest BCUT2D eigenvalue weighted by Crippen LogP contribution is 2.76. The Hall–Kier alpha value is -3.28. The van der Waals surface area contributed by atoms with Crippen molar-refractivity contribution < 1.29 is 138 Å². The SMILES string of the molecule is C/C=C(/C)C(=O)O[C@H]1[C@H](OC(C)=O)[C@]2(CO)[C@H](O)C[C@]3(C)C(=CC[C@@H]4[C@@]5(C)CC[C@H](O[C@@H]6O[C@H](C(=O)O)[C@@H](O)[C@H](O[C@@H]7OC[C@H](O)[C@H](O)[C@H]7OC7O[C@H](CO)[C@@H](O)[C@H](O)[C@H]7O)[C@H]6O[C@@H]6O[C@H](CO)[C@H](O)[C@H](O)[C@H]6O)[C@@](C)(C=O)[C@@H]5CC[C@]43C)[C@@H]2CC1(C)C. The van der Waals surface area contributed by atoms with Gasteiger partial charge in [-0.1, -0.05) is 59.3 Å². The Kier molecular flexibility index (Phi) is 20.1. The highest BCUT2D eigenvalue weighted by atomic mass is 16.8. The summed E-state index contributed by atoms with van der Waals surface area (Å²) in [4.78, 5) is 53.9. The number of carboxylic acids is 1. The van der Waals surface area contributed by atoms with Crippen LogP contribution in [0.1, 0.15) is 107 Å². The molecule has 4 heterocycles. The lowest BCUT2D eigenvalue weighted by Crippen LogP contribution is -2.72. The normalized spacial score (nSPS) is 51.1. The molecule has 28 nitrogen and oxygen atoms in total. The van der Waals surface area contributed by atoms with Gasteiger partial charge in [-0.3, -0.25) is 4.79 Å². The van der Waals surface area contributed by atoms with E-state index in [1.54, 1.807) is 26.8 Å². The minimum Gasteiger partial charge on any atom is -0.479 e. The van der Waals surface area contributed by atoms with Gasteiger partial charge in [0, 0.05) is 17.9 Å². The summed E-state index contributed by atoms with van der Waals surface area (Å²) in [5.74, 6) is -4.31. The van der Waals surface area contributed by atoms with Gasteiger partial charge in [0.1, 0.15) is 104 Å². The van der Waals surface area contributed by atoms with Crippen LogP contribution in [-0.4, -0.2) is 263 Å². The van der Waals surface area contributed by atoms with Crippen molar-refractivity contribution in [3.63, 3.8) is 0 Å². The van der Waals surface area contributed by atoms with E-state index in [2.05, 4.69) is 26.8 Å². The van der Waals surface area contributed by atoms with Crippen LogP contribution >= 0.6 is 0 Å². The summed E-state index contributed by atoms with van der Waals surface area (Å²) >= 11 is 0. The van der Waals surface area contributed by atoms with E-state index in [0.717, 1.165) is 11.9 Å². The molecule has 500 valence electrons. The highest BCUT2D eigenvalue weighted by Gasteiger charge is 2.74. The molecule has 0 spiro atoms. The second-order valence-electron chi connectivity index (χ2n) is 27.7. The van der Waals surface area contributed by atoms with Crippen LogP contribution in [0.15, 0.2) is 23.3 Å². The fraction of sp³-hybridized carbons (Fsp3) is 0.867. The average Bonchev–Trinajstić information content (AvgIpc) is 0.673. The Morgan fingerprint density at radius 3 is 1.78 bits per heavy atom. The van der Waals surface area contributed by atoms with E-state index < -0.39 is 230 Å². The van der Waals surface area contributed by atoms with Crippen LogP contribution in [0.25, 0.3) is 0 Å². The van der Waals surface area contributed by atoms with E-state index in [1.807, 2.05) is 13.8 Å². The minimum atomic E-state index is -2.32. The first kappa shape index (κ1) is 69.1. The highest BCUT2D eigenvalue weighted by molar-refractivity contribution is 5.87. The first-order chi connectivity index (χ1) is 41.2. The van der Waals surface area contributed by atoms with E-state index in [9.17, 15) is 90.7 Å². The fourth-order valence-electron chi connectivity index (χ4n) is 17.3. The number of esters is 2. The molecular formula is C60H92O28. The monoisotopic (exact) mass is 1260 g/mol. The number of allylic oxidation sites excluding steroid dienone is 3. The van der Waals surface area contributed by atoms with Crippen molar-refractivity contribution in [2.24, 2.45) is 50.2 Å². The van der Waals surface area contributed by atoms with E-state index in [-0.39, 0.29) is 18.8 Å². The van der Waals surface area contributed by atoms with Gasteiger partial charge < -0.3 is 124 Å². The summed E-state index contributed by atoms with van der Waals surface area (Å²) in [6.45, 7) is 13.4. The first-order valence-corrected chi connectivity index (χ1v) is 30.5. The maximum Gasteiger partial charge on any atom is 0.335 e. The quantitative estimate of drug-likeness (QED) is 0.0247. The molecule has 4 aliphatic heterocycles. The van der Waals surface area contributed by atoms with Crippen molar-refractivity contribution in [1.82, 2.24) is 0 Å². The summed E-state index contributed by atoms with van der Waals surface area (Å²) in [5.41, 5.74) is -4.52. The Labute approximate surface area is 509 Å². The first-order valence-electron chi connectivity index (χ1n) is 30.5. The van der Waals surface area contributed by atoms with Crippen LogP contribution in [0.3, 0.4) is 0 Å². The Morgan fingerprint density at radius 2 is 1.24 bits per heavy atom. The lowest BCUT2D eigenvalue weighted by atomic mass is 9.33. The molecule has 31 atom stereocenters. The topological polar surface area (TPSA) is 444 Å². The van der Waals surface area contributed by atoms with Gasteiger partial charge in [0.2, 0.25) is 0 Å². The minimum absolute atomic E-state index is 0.0926. The van der Waals surface area contributed by atoms with Gasteiger partial charge in [0.25, 0.3) is 0 Å². The molecular weight excluding hydrogens is 1170 g/mol. The molecule has 9 rings (SSSR count). The van der Waals surface area contributed by atoms with Crippen LogP contribution in [0.4, 0.5) is 0 Å². The third-order valence-electron chi connectivity index (χ3n) is 22.6. The number of fused-ring (bicyclic) bond motifs is 7. The summed E-state index contributed by atoms with van der Waals surface area (Å²) in [6, 6.07) is 0. The molecule has 8 fully saturated rings. The smallest absolute Gasteiger partial charge is 0.335 e. The lowest BCUT2D eigenvalue weighted by molar-refractivity contribution is -0.400. The van der Waals surface area contributed by atoms with Crippen LogP contribution in [-0.2, 0) is 66.5 Å². The Balaban J connectivity index is 1.05. The third-order valence-corrected chi connectivity index (χ3v) is 22.6. The Morgan fingerprint density at radius 1 is 0.648 bits per heavy atom. The van der Waals surface area contributed by atoms with Crippen LogP contribution in [0, 0.1) is 50.2 Å². The standard InChI is InChI=1S/C60H92O28/c1-10-24(2)50(78)88-47-48(80-25(3)65)60(23-64)27(17-55(47,4)5)26-11-12-32-56(6)15-14-34(57(7,22-63)31(56)13-16-58(32,8)59(26,9)18-33(60)67)83-54-46(87-52-41(74)39(72)37(70)30(20-62)82-52)43(42(75)44(85-54)49(76)77)84-53-45(35(68)28(66)21-79-53)86-51-40(73)38(71)36(69)29(19-61)81-51/h10-11,22,27-48,51-54,61-62,64,66-75H,12-21,23H2,1-9H3,(H,76,77)/b24-10-/t27-,28-,29+,30+,31+,32+,33+,34-,35-,36+,37-,38-,39-,40+,41+,42-,43-,44-,45+,46+,47-,48-,51?,52-,53-,54+,56-,57-,58+,59+,60-/m0/s1. The number of carbonyl (C=O) groups excluding carboxylic acids is 3. The molecule has 0 bridgehead atoms. The zero-order valence-electron chi connectivity index (χ0n) is 51.0. The van der Waals surface area contributed by atoms with E-state index >= 15 is 0 Å². The molecule has 0 amide bonds. The number of hydrogen-bond acceptors (Lipinski definition) is 27. The van der Waals surface area contributed by atoms with Crippen molar-refractivity contribution in [3.05, 3.63) is 23.3 Å². The molecule has 1 unspecified atom stereocenters. The largest absolute Gasteiger partial charge is 0.479 e. The van der Waals surface area contributed by atoms with Crippen LogP contribution < -0.4 is 0 Å². The van der Waals surface area contributed by atoms with E-state index in [1.165, 1.54) is 6.92 Å². The van der Waals surface area contributed by atoms with Gasteiger partial charge in [-0.25, -0.2) is 9.59 Å². The molecule has 4 saturated carbocycles. The molecule has 0 aromatic heterocycles. The number of ether oxygens (including phenoxy) is 10. The van der Waals surface area contributed by atoms with Crippen molar-refractivity contribution in [1.29, 1.82) is 0 Å². The number of rotatable bonds is 16. The average molecular weight is 1260 g/mol. The van der Waals surface area contributed by atoms with Crippen molar-refractivity contribution >= 4 is 24.2 Å². The maximum atomic E-state index is 14.2. The van der Waals surface area contributed by atoms with Gasteiger partial charge in [-0.2, -0.15) is 0 Å². The van der Waals surface area contributed by atoms with Gasteiger partial charge >= 0.3 is 17.9 Å². The van der Waals surface area contributed by atoms with Crippen LogP contribution in [0.2, 0.25) is 0 Å². The maximum absolute atomic E-state index is 14.2. The third kappa shape index (κ3) is 11.2. The molecule has 4 saturated heterocycles. The number of carboxylic acid groups (broad SMARTS) is 1. The number of aliphatic hydroxyl groups is 13. The number of aldehydes is 1. The molecule has 0 aromatic carbocycles. The van der Waals surface area contributed by atoms with Crippen LogP contribution in [0.5, 0.6) is 0 Å². The molecule has 88 heavy (non-hydrogen) atoms. The number of hydrogen-bond donors (Lipinski definition) is 14. The molecule has 5 aliphatic carbocycles. The van der Waals surface area contributed by atoms with Crippen molar-refractivity contribution in [2.45, 2.75) is 248 Å². The van der Waals surface area contributed by atoms with Gasteiger partial charge in [-0.15, -0.1) is 0 Å². The fourth-order valence-corrected chi connectivity index (χ4v) is 17.3.